The molecule has 1 aromatic carbocycles. The average molecular weight is 270 g/mol. The maximum atomic E-state index is 11.4. The van der Waals surface area contributed by atoms with E-state index in [9.17, 15) is 4.79 Å². The molecule has 1 aromatic rings. The van der Waals surface area contributed by atoms with E-state index >= 15 is 0 Å². The molecule has 0 unspecified atom stereocenters. The second-order valence-electron chi connectivity index (χ2n) is 4.17. The SMILES string of the molecule is CCCC(=O)NCc1cc(Cl)c(OCC)cc1C. The highest BCUT2D eigenvalue weighted by atomic mass is 35.5. The van der Waals surface area contributed by atoms with Crippen molar-refractivity contribution in [3.8, 4) is 5.75 Å². The number of carbonyl (C=O) groups excluding carboxylic acids is 1. The molecule has 1 rings (SSSR count). The summed E-state index contributed by atoms with van der Waals surface area (Å²) in [5.41, 5.74) is 2.09. The van der Waals surface area contributed by atoms with Crippen molar-refractivity contribution in [1.29, 1.82) is 0 Å². The predicted octanol–water partition coefficient (Wildman–Crippen LogP) is 3.46. The van der Waals surface area contributed by atoms with Crippen molar-refractivity contribution < 1.29 is 9.53 Å². The van der Waals surface area contributed by atoms with Gasteiger partial charge in [0.05, 0.1) is 11.6 Å². The predicted molar refractivity (Wildman–Crippen MR) is 74.1 cm³/mol. The van der Waals surface area contributed by atoms with Crippen LogP contribution in [0.3, 0.4) is 0 Å². The summed E-state index contributed by atoms with van der Waals surface area (Å²) >= 11 is 6.12. The van der Waals surface area contributed by atoms with Crippen LogP contribution in [0, 0.1) is 6.92 Å². The first-order chi connectivity index (χ1) is 8.58. The van der Waals surface area contributed by atoms with Crippen LogP contribution in [0.25, 0.3) is 0 Å². The first-order valence-corrected chi connectivity index (χ1v) is 6.64. The monoisotopic (exact) mass is 269 g/mol. The third kappa shape index (κ3) is 4.22. The van der Waals surface area contributed by atoms with Crippen LogP contribution in [0.5, 0.6) is 5.75 Å². The molecule has 0 bridgehead atoms. The fraction of sp³-hybridized carbons (Fsp3) is 0.500. The van der Waals surface area contributed by atoms with Gasteiger partial charge in [-0.1, -0.05) is 18.5 Å². The van der Waals surface area contributed by atoms with Crippen molar-refractivity contribution >= 4 is 17.5 Å². The molecular weight excluding hydrogens is 250 g/mol. The summed E-state index contributed by atoms with van der Waals surface area (Å²) in [5, 5.41) is 3.47. The Kier molecular flexibility index (Phi) is 5.99. The molecule has 0 aliphatic heterocycles. The molecule has 1 amide bonds. The number of nitrogens with one attached hydrogen (secondary N) is 1. The Bertz CT molecular complexity index is 419. The topological polar surface area (TPSA) is 38.3 Å². The fourth-order valence-electron chi connectivity index (χ4n) is 1.66. The van der Waals surface area contributed by atoms with Crippen LogP contribution in [0.1, 0.15) is 37.8 Å². The van der Waals surface area contributed by atoms with Gasteiger partial charge in [0.1, 0.15) is 5.75 Å². The molecule has 0 spiro atoms. The highest BCUT2D eigenvalue weighted by molar-refractivity contribution is 6.32. The summed E-state index contributed by atoms with van der Waals surface area (Å²) in [6.45, 7) is 6.99. The molecule has 0 saturated carbocycles. The zero-order valence-corrected chi connectivity index (χ0v) is 11.9. The van der Waals surface area contributed by atoms with E-state index in [0.717, 1.165) is 17.5 Å². The summed E-state index contributed by atoms with van der Waals surface area (Å²) in [6, 6.07) is 3.77. The number of benzene rings is 1. The van der Waals surface area contributed by atoms with Crippen LogP contribution in [0.15, 0.2) is 12.1 Å². The molecule has 3 nitrogen and oxygen atoms in total. The number of amides is 1. The molecule has 0 fully saturated rings. The normalized spacial score (nSPS) is 10.2. The van der Waals surface area contributed by atoms with Gasteiger partial charge >= 0.3 is 0 Å². The lowest BCUT2D eigenvalue weighted by Gasteiger charge is -2.12. The van der Waals surface area contributed by atoms with Crippen molar-refractivity contribution in [2.75, 3.05) is 6.61 Å². The van der Waals surface area contributed by atoms with Crippen LogP contribution in [-0.4, -0.2) is 12.5 Å². The molecular formula is C14H20ClNO2. The lowest BCUT2D eigenvalue weighted by atomic mass is 10.1. The number of rotatable bonds is 6. The Morgan fingerprint density at radius 3 is 2.72 bits per heavy atom. The van der Waals surface area contributed by atoms with Crippen LogP contribution in [0.4, 0.5) is 0 Å². The number of carbonyl (C=O) groups is 1. The van der Waals surface area contributed by atoms with Gasteiger partial charge in [-0.3, -0.25) is 4.79 Å². The van der Waals surface area contributed by atoms with Gasteiger partial charge in [-0.2, -0.15) is 0 Å². The van der Waals surface area contributed by atoms with Gasteiger partial charge in [-0.25, -0.2) is 0 Å². The molecule has 0 heterocycles. The highest BCUT2D eigenvalue weighted by Gasteiger charge is 2.08. The van der Waals surface area contributed by atoms with Crippen LogP contribution >= 0.6 is 11.6 Å². The number of hydrogen-bond donors (Lipinski definition) is 1. The first kappa shape index (κ1) is 14.8. The largest absolute Gasteiger partial charge is 0.492 e. The van der Waals surface area contributed by atoms with Crippen molar-refractivity contribution in [1.82, 2.24) is 5.32 Å². The summed E-state index contributed by atoms with van der Waals surface area (Å²) in [6.07, 6.45) is 1.42. The molecule has 0 aromatic heterocycles. The Morgan fingerprint density at radius 1 is 1.39 bits per heavy atom. The average Bonchev–Trinajstić information content (AvgIpc) is 2.32. The van der Waals surface area contributed by atoms with E-state index < -0.39 is 0 Å². The van der Waals surface area contributed by atoms with Crippen LogP contribution in [0.2, 0.25) is 5.02 Å². The van der Waals surface area contributed by atoms with Crippen LogP contribution < -0.4 is 10.1 Å². The summed E-state index contributed by atoms with van der Waals surface area (Å²) in [5.74, 6) is 0.766. The number of hydrogen-bond acceptors (Lipinski definition) is 2. The van der Waals surface area contributed by atoms with E-state index in [4.69, 9.17) is 16.3 Å². The van der Waals surface area contributed by atoms with E-state index in [-0.39, 0.29) is 5.91 Å². The lowest BCUT2D eigenvalue weighted by molar-refractivity contribution is -0.121. The second kappa shape index (κ2) is 7.27. The van der Waals surface area contributed by atoms with E-state index in [1.165, 1.54) is 0 Å². The van der Waals surface area contributed by atoms with Gasteiger partial charge in [0, 0.05) is 13.0 Å². The van der Waals surface area contributed by atoms with E-state index in [2.05, 4.69) is 5.32 Å². The summed E-state index contributed by atoms with van der Waals surface area (Å²) < 4.78 is 5.42. The third-order valence-electron chi connectivity index (χ3n) is 2.64. The van der Waals surface area contributed by atoms with E-state index in [1.807, 2.05) is 32.9 Å². The van der Waals surface area contributed by atoms with Gasteiger partial charge in [0.2, 0.25) is 5.91 Å². The van der Waals surface area contributed by atoms with Gasteiger partial charge in [-0.15, -0.1) is 0 Å². The van der Waals surface area contributed by atoms with E-state index in [0.29, 0.717) is 30.3 Å². The van der Waals surface area contributed by atoms with Gasteiger partial charge < -0.3 is 10.1 Å². The quantitative estimate of drug-likeness (QED) is 0.859. The summed E-state index contributed by atoms with van der Waals surface area (Å²) in [4.78, 5) is 11.4. The van der Waals surface area contributed by atoms with Crippen LogP contribution in [-0.2, 0) is 11.3 Å². The minimum atomic E-state index is 0.0712. The minimum absolute atomic E-state index is 0.0712. The maximum absolute atomic E-state index is 11.4. The Labute approximate surface area is 113 Å². The van der Waals surface area contributed by atoms with Gasteiger partial charge in [-0.05, 0) is 43.5 Å². The fourth-order valence-corrected chi connectivity index (χ4v) is 1.90. The zero-order chi connectivity index (χ0) is 13.5. The Balaban J connectivity index is 2.72. The molecule has 0 radical (unpaired) electrons. The Morgan fingerprint density at radius 2 is 2.11 bits per heavy atom. The lowest BCUT2D eigenvalue weighted by Crippen LogP contribution is -2.22. The number of ether oxygens (including phenoxy) is 1. The molecule has 0 atom stereocenters. The third-order valence-corrected chi connectivity index (χ3v) is 2.94. The van der Waals surface area contributed by atoms with Crippen molar-refractivity contribution in [2.24, 2.45) is 0 Å². The molecule has 0 aliphatic rings. The Hall–Kier alpha value is -1.22. The van der Waals surface area contributed by atoms with Gasteiger partial charge in [0.15, 0.2) is 0 Å². The first-order valence-electron chi connectivity index (χ1n) is 6.27. The molecule has 0 aliphatic carbocycles. The van der Waals surface area contributed by atoms with Crippen molar-refractivity contribution in [3.63, 3.8) is 0 Å². The molecule has 0 saturated heterocycles. The number of aryl methyl sites for hydroxylation is 1. The van der Waals surface area contributed by atoms with Gasteiger partial charge in [0.25, 0.3) is 0 Å². The van der Waals surface area contributed by atoms with E-state index in [1.54, 1.807) is 0 Å². The van der Waals surface area contributed by atoms with Crippen molar-refractivity contribution in [2.45, 2.75) is 40.2 Å². The smallest absolute Gasteiger partial charge is 0.220 e. The zero-order valence-electron chi connectivity index (χ0n) is 11.2. The molecule has 18 heavy (non-hydrogen) atoms. The minimum Gasteiger partial charge on any atom is -0.492 e. The summed E-state index contributed by atoms with van der Waals surface area (Å²) in [7, 11) is 0. The highest BCUT2D eigenvalue weighted by Crippen LogP contribution is 2.28. The standard InChI is InChI=1S/C14H20ClNO2/c1-4-6-14(17)16-9-11-8-12(15)13(18-5-2)7-10(11)3/h7-8H,4-6,9H2,1-3H3,(H,16,17). The maximum Gasteiger partial charge on any atom is 0.220 e. The molecule has 4 heteroatoms. The number of halogens is 1. The van der Waals surface area contributed by atoms with Crippen molar-refractivity contribution in [3.05, 3.63) is 28.3 Å². The molecule has 100 valence electrons. The molecule has 1 N–H and O–H groups in total. The second-order valence-corrected chi connectivity index (χ2v) is 4.58.